The lowest BCUT2D eigenvalue weighted by Crippen LogP contribution is -2.46. The summed E-state index contributed by atoms with van der Waals surface area (Å²) in [7, 11) is 0. The Hall–Kier alpha value is -0.650. The van der Waals surface area contributed by atoms with Crippen LogP contribution in [0.4, 0.5) is 0 Å². The number of aliphatic hydroxyl groups is 1. The van der Waals surface area contributed by atoms with E-state index in [4.69, 9.17) is 9.47 Å². The maximum atomic E-state index is 11.7. The van der Waals surface area contributed by atoms with Gasteiger partial charge >= 0.3 is 5.97 Å². The molecule has 2 rings (SSSR count). The Balaban J connectivity index is 1.66. The molecule has 1 saturated carbocycles. The van der Waals surface area contributed by atoms with Gasteiger partial charge in [0.15, 0.2) is 0 Å². The van der Waals surface area contributed by atoms with E-state index >= 15 is 0 Å². The van der Waals surface area contributed by atoms with E-state index < -0.39 is 5.60 Å². The van der Waals surface area contributed by atoms with Gasteiger partial charge in [-0.3, -0.25) is 4.79 Å². The molecule has 2 N–H and O–H groups in total. The van der Waals surface area contributed by atoms with Crippen molar-refractivity contribution in [2.75, 3.05) is 26.3 Å². The van der Waals surface area contributed by atoms with Crippen LogP contribution in [0.1, 0.15) is 45.4 Å². The van der Waals surface area contributed by atoms with Gasteiger partial charge in [-0.15, -0.1) is 0 Å². The quantitative estimate of drug-likeness (QED) is 0.719. The highest BCUT2D eigenvalue weighted by molar-refractivity contribution is 5.72. The highest BCUT2D eigenvalue weighted by atomic mass is 16.5. The second-order valence-electron chi connectivity index (χ2n) is 6.02. The van der Waals surface area contributed by atoms with Crippen molar-refractivity contribution in [2.24, 2.45) is 5.92 Å². The summed E-state index contributed by atoms with van der Waals surface area (Å²) < 4.78 is 10.6. The molecular formula is C15H27NO4. The number of ether oxygens (including phenoxy) is 2. The minimum atomic E-state index is -0.679. The predicted octanol–water partition coefficient (Wildman–Crippen LogP) is 1.24. The monoisotopic (exact) mass is 285 g/mol. The molecule has 1 saturated heterocycles. The van der Waals surface area contributed by atoms with Gasteiger partial charge in [-0.05, 0) is 45.4 Å². The third-order valence-corrected chi connectivity index (χ3v) is 4.39. The van der Waals surface area contributed by atoms with E-state index in [1.54, 1.807) is 0 Å². The first kappa shape index (κ1) is 15.7. The van der Waals surface area contributed by atoms with Crippen LogP contribution in [0.25, 0.3) is 0 Å². The lowest BCUT2D eigenvalue weighted by Gasteiger charge is -2.35. The van der Waals surface area contributed by atoms with Crippen LogP contribution in [-0.2, 0) is 14.3 Å². The number of hydrogen-bond donors (Lipinski definition) is 2. The fourth-order valence-electron chi connectivity index (χ4n) is 3.10. The molecule has 116 valence electrons. The summed E-state index contributed by atoms with van der Waals surface area (Å²) in [4.78, 5) is 11.7. The zero-order valence-electron chi connectivity index (χ0n) is 12.4. The summed E-state index contributed by atoms with van der Waals surface area (Å²) in [5.74, 6) is -0.143. The molecule has 0 aromatic carbocycles. The first-order valence-electron chi connectivity index (χ1n) is 7.84. The maximum Gasteiger partial charge on any atom is 0.308 e. The zero-order chi connectivity index (χ0) is 14.4. The van der Waals surface area contributed by atoms with E-state index in [-0.39, 0.29) is 11.9 Å². The Labute approximate surface area is 121 Å². The van der Waals surface area contributed by atoms with Crippen molar-refractivity contribution in [1.29, 1.82) is 0 Å². The van der Waals surface area contributed by atoms with Gasteiger partial charge < -0.3 is 19.9 Å². The molecule has 0 radical (unpaired) electrons. The van der Waals surface area contributed by atoms with Crippen molar-refractivity contribution in [3.8, 4) is 0 Å². The molecule has 1 atom stereocenters. The topological polar surface area (TPSA) is 67.8 Å². The highest BCUT2D eigenvalue weighted by Gasteiger charge is 2.36. The van der Waals surface area contributed by atoms with Gasteiger partial charge in [0.25, 0.3) is 0 Å². The van der Waals surface area contributed by atoms with Crippen molar-refractivity contribution in [3.63, 3.8) is 0 Å². The molecule has 0 spiro atoms. The van der Waals surface area contributed by atoms with Gasteiger partial charge in [0.1, 0.15) is 0 Å². The van der Waals surface area contributed by atoms with Crippen molar-refractivity contribution < 1.29 is 19.4 Å². The number of carbonyl (C=O) groups excluding carboxylic acids is 1. The van der Waals surface area contributed by atoms with Crippen molar-refractivity contribution in [2.45, 2.75) is 57.2 Å². The summed E-state index contributed by atoms with van der Waals surface area (Å²) in [6.07, 6.45) is 5.31. The average Bonchev–Trinajstić information content (AvgIpc) is 2.93. The van der Waals surface area contributed by atoms with Crippen LogP contribution in [0.15, 0.2) is 0 Å². The molecular weight excluding hydrogens is 258 g/mol. The Morgan fingerprint density at radius 3 is 2.75 bits per heavy atom. The van der Waals surface area contributed by atoms with Crippen LogP contribution >= 0.6 is 0 Å². The summed E-state index contributed by atoms with van der Waals surface area (Å²) in [5.41, 5.74) is -0.679. The van der Waals surface area contributed by atoms with Crippen LogP contribution in [-0.4, -0.2) is 49.1 Å². The van der Waals surface area contributed by atoms with Gasteiger partial charge in [-0.1, -0.05) is 0 Å². The molecule has 5 heteroatoms. The Morgan fingerprint density at radius 2 is 2.15 bits per heavy atom. The minimum Gasteiger partial charge on any atom is -0.466 e. The number of rotatable bonds is 6. The van der Waals surface area contributed by atoms with E-state index in [0.717, 1.165) is 38.8 Å². The van der Waals surface area contributed by atoms with Gasteiger partial charge in [-0.25, -0.2) is 0 Å². The van der Waals surface area contributed by atoms with E-state index in [2.05, 4.69) is 5.32 Å². The molecule has 0 aromatic heterocycles. The fourth-order valence-corrected chi connectivity index (χ4v) is 3.10. The van der Waals surface area contributed by atoms with Gasteiger partial charge in [0.2, 0.25) is 0 Å². The van der Waals surface area contributed by atoms with Gasteiger partial charge in [0.05, 0.1) is 24.2 Å². The van der Waals surface area contributed by atoms with E-state index in [0.29, 0.717) is 32.1 Å². The van der Waals surface area contributed by atoms with Crippen LogP contribution in [0, 0.1) is 5.92 Å². The second kappa shape index (κ2) is 7.38. The lowest BCUT2D eigenvalue weighted by molar-refractivity contribution is -0.151. The van der Waals surface area contributed by atoms with Crippen LogP contribution < -0.4 is 5.32 Å². The van der Waals surface area contributed by atoms with Crippen LogP contribution in [0.5, 0.6) is 0 Å². The van der Waals surface area contributed by atoms with Crippen molar-refractivity contribution in [3.05, 3.63) is 0 Å². The molecule has 1 aliphatic carbocycles. The Morgan fingerprint density at radius 1 is 1.40 bits per heavy atom. The van der Waals surface area contributed by atoms with Crippen molar-refractivity contribution in [1.82, 2.24) is 5.32 Å². The lowest BCUT2D eigenvalue weighted by atomic mass is 9.78. The number of carbonyl (C=O) groups is 1. The Bertz CT molecular complexity index is 307. The van der Waals surface area contributed by atoms with Crippen molar-refractivity contribution >= 4 is 5.97 Å². The molecule has 0 aromatic rings. The van der Waals surface area contributed by atoms with E-state index in [9.17, 15) is 9.90 Å². The summed E-state index contributed by atoms with van der Waals surface area (Å²) >= 11 is 0. The largest absolute Gasteiger partial charge is 0.466 e. The van der Waals surface area contributed by atoms with Crippen LogP contribution in [0.2, 0.25) is 0 Å². The molecule has 1 heterocycles. The third kappa shape index (κ3) is 4.43. The number of hydrogen-bond acceptors (Lipinski definition) is 5. The molecule has 0 amide bonds. The minimum absolute atomic E-state index is 0.0339. The SMILES string of the molecule is CCOC(=O)C1CCC(O)(CNCC2CCCO2)CC1. The smallest absolute Gasteiger partial charge is 0.308 e. The van der Waals surface area contributed by atoms with Crippen LogP contribution in [0.3, 0.4) is 0 Å². The Kier molecular flexibility index (Phi) is 5.81. The number of esters is 1. The molecule has 1 unspecified atom stereocenters. The van der Waals surface area contributed by atoms with E-state index in [1.807, 2.05) is 6.92 Å². The number of nitrogens with one attached hydrogen (secondary N) is 1. The average molecular weight is 285 g/mol. The van der Waals surface area contributed by atoms with E-state index in [1.165, 1.54) is 0 Å². The molecule has 2 aliphatic rings. The van der Waals surface area contributed by atoms with Gasteiger partial charge in [-0.2, -0.15) is 0 Å². The molecule has 2 fully saturated rings. The summed E-state index contributed by atoms with van der Waals surface area (Å²) in [6.45, 7) is 4.51. The highest BCUT2D eigenvalue weighted by Crippen LogP contribution is 2.32. The molecule has 0 bridgehead atoms. The molecule has 5 nitrogen and oxygen atoms in total. The predicted molar refractivity (Wildman–Crippen MR) is 75.4 cm³/mol. The first-order valence-corrected chi connectivity index (χ1v) is 7.84. The maximum absolute atomic E-state index is 11.7. The zero-order valence-corrected chi connectivity index (χ0v) is 12.4. The molecule has 1 aliphatic heterocycles. The fraction of sp³-hybridized carbons (Fsp3) is 0.933. The standard InChI is InChI=1S/C15H27NO4/c1-2-19-14(17)12-5-7-15(18,8-6-12)11-16-10-13-4-3-9-20-13/h12-13,16,18H,2-11H2,1H3. The van der Waals surface area contributed by atoms with Gasteiger partial charge in [0, 0.05) is 19.7 Å². The summed E-state index contributed by atoms with van der Waals surface area (Å²) in [6, 6.07) is 0. The third-order valence-electron chi connectivity index (χ3n) is 4.39. The molecule has 20 heavy (non-hydrogen) atoms. The normalized spacial score (nSPS) is 34.1. The second-order valence-corrected chi connectivity index (χ2v) is 6.02. The summed E-state index contributed by atoms with van der Waals surface area (Å²) in [5, 5.41) is 13.8. The first-order chi connectivity index (χ1) is 9.63.